The Hall–Kier alpha value is -0.946. The second-order valence-corrected chi connectivity index (χ2v) is 17.0. The first-order valence-electron chi connectivity index (χ1n) is 12.9. The number of hydrogen-bond acceptors (Lipinski definition) is 8. The second kappa shape index (κ2) is 18.4. The molecular weight excluding hydrogens is 550 g/mol. The number of unbranched alkanes of at least 4 members (excludes halogenated alkanes) is 1. The summed E-state index contributed by atoms with van der Waals surface area (Å²) in [5, 5.41) is 1.90. The SMILES string of the molecule is CCO[Si](C)(C)CCCNC(=O)C(F)(F)OC(F)(F)COCOCC(=O)CCCC[Si](C)(OCC)OCC. The molecule has 0 unspecified atom stereocenters. The molecule has 0 saturated heterocycles. The van der Waals surface area contributed by atoms with Crippen molar-refractivity contribution in [3.63, 3.8) is 0 Å². The molecule has 9 nitrogen and oxygen atoms in total. The molecule has 0 aliphatic carbocycles. The number of ketones is 1. The Labute approximate surface area is 225 Å². The van der Waals surface area contributed by atoms with Crippen LogP contribution < -0.4 is 5.32 Å². The number of hydrogen-bond donors (Lipinski definition) is 1. The van der Waals surface area contributed by atoms with E-state index in [2.05, 4.69) is 9.47 Å². The number of carbonyl (C=O) groups excluding carboxylic acids is 2. The predicted molar refractivity (Wildman–Crippen MR) is 138 cm³/mol. The topological polar surface area (TPSA) is 102 Å². The van der Waals surface area contributed by atoms with E-state index in [1.807, 2.05) is 45.7 Å². The molecule has 0 atom stereocenters. The molecule has 0 aromatic carbocycles. The Balaban J connectivity index is 4.18. The van der Waals surface area contributed by atoms with Crippen molar-refractivity contribution in [2.24, 2.45) is 0 Å². The zero-order chi connectivity index (χ0) is 29.3. The summed E-state index contributed by atoms with van der Waals surface area (Å²) in [6, 6.07) is 1.33. The van der Waals surface area contributed by atoms with Crippen LogP contribution in [0.4, 0.5) is 17.6 Å². The maximum atomic E-state index is 13.8. The Kier molecular flexibility index (Phi) is 18.0. The van der Waals surface area contributed by atoms with Crippen LogP contribution in [0.3, 0.4) is 0 Å². The van der Waals surface area contributed by atoms with E-state index in [9.17, 15) is 27.2 Å². The van der Waals surface area contributed by atoms with Gasteiger partial charge in [0.2, 0.25) is 0 Å². The van der Waals surface area contributed by atoms with Crippen LogP contribution in [-0.4, -0.2) is 87.2 Å². The molecule has 0 fully saturated rings. The molecule has 0 aromatic rings. The molecule has 0 saturated carbocycles. The van der Waals surface area contributed by atoms with Gasteiger partial charge in [-0.05, 0) is 65.3 Å². The van der Waals surface area contributed by atoms with Crippen LogP contribution in [0.1, 0.15) is 46.5 Å². The van der Waals surface area contributed by atoms with Crippen molar-refractivity contribution in [2.45, 2.75) is 90.4 Å². The van der Waals surface area contributed by atoms with Gasteiger partial charge in [-0.25, -0.2) is 4.74 Å². The van der Waals surface area contributed by atoms with E-state index in [0.717, 1.165) is 12.5 Å². The number of nitrogens with one attached hydrogen (secondary N) is 1. The number of halogens is 4. The van der Waals surface area contributed by atoms with Gasteiger partial charge in [0.15, 0.2) is 14.1 Å². The Morgan fingerprint density at radius 1 is 0.816 bits per heavy atom. The van der Waals surface area contributed by atoms with Crippen molar-refractivity contribution in [1.29, 1.82) is 0 Å². The lowest BCUT2D eigenvalue weighted by Crippen LogP contribution is -2.47. The number of alkyl halides is 4. The minimum atomic E-state index is -4.76. The van der Waals surface area contributed by atoms with Crippen LogP contribution in [0, 0.1) is 0 Å². The van der Waals surface area contributed by atoms with Gasteiger partial charge in [0, 0.05) is 32.8 Å². The van der Waals surface area contributed by atoms with Crippen molar-refractivity contribution in [1.82, 2.24) is 5.32 Å². The summed E-state index contributed by atoms with van der Waals surface area (Å²) in [5.74, 6) is -2.23. The highest BCUT2D eigenvalue weighted by Gasteiger charge is 2.50. The lowest BCUT2D eigenvalue weighted by atomic mass is 10.2. The molecule has 0 bridgehead atoms. The van der Waals surface area contributed by atoms with Crippen molar-refractivity contribution >= 4 is 28.6 Å². The Morgan fingerprint density at radius 2 is 1.42 bits per heavy atom. The maximum absolute atomic E-state index is 13.8. The molecular formula is C23H45F4NO8Si2. The molecule has 0 heterocycles. The lowest BCUT2D eigenvalue weighted by Gasteiger charge is -2.25. The van der Waals surface area contributed by atoms with Gasteiger partial charge in [0.1, 0.15) is 20.0 Å². The third kappa shape index (κ3) is 17.6. The number of ether oxygens (including phenoxy) is 3. The maximum Gasteiger partial charge on any atom is 0.441 e. The third-order valence-corrected chi connectivity index (χ3v) is 10.9. The summed E-state index contributed by atoms with van der Waals surface area (Å²) in [4.78, 5) is 23.5. The minimum Gasteiger partial charge on any atom is -0.418 e. The molecule has 0 aromatic heterocycles. The lowest BCUT2D eigenvalue weighted by molar-refractivity contribution is -0.371. The first kappa shape index (κ1) is 37.1. The van der Waals surface area contributed by atoms with Gasteiger partial charge >= 0.3 is 26.7 Å². The second-order valence-electron chi connectivity index (χ2n) is 9.37. The number of Topliss-reactive ketones (excluding diaryl/α,β-unsaturated/α-hetero) is 1. The summed E-state index contributed by atoms with van der Waals surface area (Å²) in [7, 11) is -4.20. The fraction of sp³-hybridized carbons (Fsp3) is 0.913. The van der Waals surface area contributed by atoms with E-state index in [1.54, 1.807) is 0 Å². The summed E-state index contributed by atoms with van der Waals surface area (Å²) in [6.45, 7) is 10.3. The normalized spacial score (nSPS) is 13.1. The van der Waals surface area contributed by atoms with Gasteiger partial charge in [-0.1, -0.05) is 6.42 Å². The molecule has 0 spiro atoms. The number of carbonyl (C=O) groups is 2. The van der Waals surface area contributed by atoms with Crippen LogP contribution in [0.25, 0.3) is 0 Å². The average Bonchev–Trinajstić information content (AvgIpc) is 2.78. The first-order chi connectivity index (χ1) is 17.6. The van der Waals surface area contributed by atoms with Crippen LogP contribution in [-0.2, 0) is 37.1 Å². The van der Waals surface area contributed by atoms with Crippen molar-refractivity contribution < 1.29 is 54.6 Å². The predicted octanol–water partition coefficient (Wildman–Crippen LogP) is 4.81. The fourth-order valence-electron chi connectivity index (χ4n) is 3.56. The minimum absolute atomic E-state index is 0.133. The molecule has 0 aliphatic heterocycles. The van der Waals surface area contributed by atoms with Crippen LogP contribution in [0.15, 0.2) is 0 Å². The quantitative estimate of drug-likeness (QED) is 0.0734. The molecule has 15 heteroatoms. The van der Waals surface area contributed by atoms with E-state index in [1.165, 1.54) is 0 Å². The molecule has 0 rings (SSSR count). The van der Waals surface area contributed by atoms with Gasteiger partial charge in [0.25, 0.3) is 0 Å². The fourth-order valence-corrected chi connectivity index (χ4v) is 8.00. The Bertz CT molecular complexity index is 684. The van der Waals surface area contributed by atoms with Crippen LogP contribution in [0.2, 0.25) is 31.7 Å². The Morgan fingerprint density at radius 3 is 2.00 bits per heavy atom. The first-order valence-corrected chi connectivity index (χ1v) is 18.6. The monoisotopic (exact) mass is 595 g/mol. The largest absolute Gasteiger partial charge is 0.441 e. The summed E-state index contributed by atoms with van der Waals surface area (Å²) >= 11 is 0. The zero-order valence-electron chi connectivity index (χ0n) is 23.5. The highest BCUT2D eigenvalue weighted by Crippen LogP contribution is 2.27. The number of amides is 1. The number of rotatable bonds is 24. The molecule has 0 radical (unpaired) electrons. The van der Waals surface area contributed by atoms with Crippen molar-refractivity contribution in [2.75, 3.05) is 46.4 Å². The highest BCUT2D eigenvalue weighted by molar-refractivity contribution is 6.71. The van der Waals surface area contributed by atoms with Gasteiger partial charge in [-0.2, -0.15) is 17.6 Å². The summed E-state index contributed by atoms with van der Waals surface area (Å²) in [6.07, 6.45) is -7.34. The average molecular weight is 596 g/mol. The molecule has 1 amide bonds. The molecule has 0 aliphatic rings. The summed E-state index contributed by atoms with van der Waals surface area (Å²) in [5.41, 5.74) is 0. The van der Waals surface area contributed by atoms with Crippen molar-refractivity contribution in [3.8, 4) is 0 Å². The molecule has 38 heavy (non-hydrogen) atoms. The van der Waals surface area contributed by atoms with Gasteiger partial charge in [-0.15, -0.1) is 0 Å². The third-order valence-electron chi connectivity index (χ3n) is 5.25. The van der Waals surface area contributed by atoms with E-state index in [-0.39, 0.29) is 25.4 Å². The standard InChI is InChI=1S/C23H45F4NO8Si2/c1-7-33-37(4,5)15-12-14-28-21(30)23(26,27)36-22(24,25)18-32-19-31-17-20(29)13-10-11-16-38(6,34-8-2)35-9-3/h7-19H2,1-6H3,(H,28,30). The van der Waals surface area contributed by atoms with E-state index >= 15 is 0 Å². The van der Waals surface area contributed by atoms with Gasteiger partial charge in [-0.3, -0.25) is 9.59 Å². The zero-order valence-corrected chi connectivity index (χ0v) is 25.5. The van der Waals surface area contributed by atoms with E-state index in [0.29, 0.717) is 38.7 Å². The van der Waals surface area contributed by atoms with Crippen LogP contribution >= 0.6 is 0 Å². The molecule has 1 N–H and O–H groups in total. The molecule has 226 valence electrons. The van der Waals surface area contributed by atoms with E-state index < -0.39 is 48.4 Å². The van der Waals surface area contributed by atoms with Crippen molar-refractivity contribution in [3.05, 3.63) is 0 Å². The van der Waals surface area contributed by atoms with E-state index in [4.69, 9.17) is 18.0 Å². The van der Waals surface area contributed by atoms with Gasteiger partial charge < -0.3 is 28.1 Å². The smallest absolute Gasteiger partial charge is 0.418 e. The highest BCUT2D eigenvalue weighted by atomic mass is 28.4. The summed E-state index contributed by atoms with van der Waals surface area (Å²) < 4.78 is 85.0. The van der Waals surface area contributed by atoms with Gasteiger partial charge in [0.05, 0.1) is 0 Å². The van der Waals surface area contributed by atoms with Crippen LogP contribution in [0.5, 0.6) is 0 Å².